The minimum atomic E-state index is -0.276. The maximum Gasteiger partial charge on any atom is 0.252 e. The van der Waals surface area contributed by atoms with Gasteiger partial charge in [-0.25, -0.2) is 4.39 Å². The van der Waals surface area contributed by atoms with Gasteiger partial charge < -0.3 is 10.6 Å². The molecule has 0 bridgehead atoms. The zero-order valence-corrected chi connectivity index (χ0v) is 14.4. The van der Waals surface area contributed by atoms with Crippen LogP contribution in [0.15, 0.2) is 67.0 Å². The minimum Gasteiger partial charge on any atom is -0.354 e. The average Bonchev–Trinajstić information content (AvgIpc) is 2.70. The quantitative estimate of drug-likeness (QED) is 0.701. The number of benzene rings is 2. The Kier molecular flexibility index (Phi) is 5.75. The summed E-state index contributed by atoms with van der Waals surface area (Å²) in [5.74, 6) is -0.552. The molecule has 0 radical (unpaired) electrons. The van der Waals surface area contributed by atoms with Crippen LogP contribution < -0.4 is 10.6 Å². The monoisotopic (exact) mass is 360 g/mol. The van der Waals surface area contributed by atoms with Gasteiger partial charge in [-0.1, -0.05) is 18.2 Å². The van der Waals surface area contributed by atoms with E-state index in [-0.39, 0.29) is 11.7 Å². The van der Waals surface area contributed by atoms with Crippen molar-refractivity contribution in [2.45, 2.75) is 6.42 Å². The molecule has 27 heavy (non-hydrogen) atoms. The Balaban J connectivity index is 1.59. The van der Waals surface area contributed by atoms with Crippen LogP contribution in [0.5, 0.6) is 0 Å². The van der Waals surface area contributed by atoms with Gasteiger partial charge in [0.05, 0.1) is 29.1 Å². The van der Waals surface area contributed by atoms with Crippen LogP contribution in [-0.2, 0) is 6.42 Å². The van der Waals surface area contributed by atoms with Crippen molar-refractivity contribution in [2.75, 3.05) is 11.9 Å². The fourth-order valence-corrected chi connectivity index (χ4v) is 2.54. The Morgan fingerprint density at radius 1 is 1.07 bits per heavy atom. The van der Waals surface area contributed by atoms with Gasteiger partial charge in [-0.3, -0.25) is 9.78 Å². The van der Waals surface area contributed by atoms with E-state index in [1.54, 1.807) is 54.7 Å². The Morgan fingerprint density at radius 2 is 1.85 bits per heavy atom. The highest BCUT2D eigenvalue weighted by molar-refractivity contribution is 5.94. The molecule has 0 unspecified atom stereocenters. The molecule has 0 saturated carbocycles. The molecule has 0 aliphatic rings. The normalized spacial score (nSPS) is 10.1. The zero-order valence-electron chi connectivity index (χ0n) is 14.4. The van der Waals surface area contributed by atoms with Crippen LogP contribution in [0.2, 0.25) is 0 Å². The van der Waals surface area contributed by atoms with Crippen LogP contribution in [0.4, 0.5) is 15.8 Å². The van der Waals surface area contributed by atoms with Crippen molar-refractivity contribution < 1.29 is 9.18 Å². The Hall–Kier alpha value is -3.72. The first kappa shape index (κ1) is 18.1. The number of nitriles is 1. The van der Waals surface area contributed by atoms with Crippen molar-refractivity contribution in [3.63, 3.8) is 0 Å². The number of carbonyl (C=O) groups is 1. The van der Waals surface area contributed by atoms with E-state index in [9.17, 15) is 9.18 Å². The molecule has 1 aromatic heterocycles. The molecule has 3 aromatic rings. The number of hydrogen-bond donors (Lipinski definition) is 2. The van der Waals surface area contributed by atoms with Gasteiger partial charge in [-0.15, -0.1) is 0 Å². The number of aromatic nitrogens is 1. The number of halogens is 1. The first-order valence-electron chi connectivity index (χ1n) is 8.39. The van der Waals surface area contributed by atoms with Gasteiger partial charge in [-0.05, 0) is 48.4 Å². The standard InChI is InChI=1S/C21H17FN4O/c22-20-4-2-1-3-16(20)9-10-25-21(27)17-11-19(14-24-13-17)26-18-7-5-15(12-23)6-8-18/h1-8,11,13-14,26H,9-10H2,(H,25,27). The van der Waals surface area contributed by atoms with Gasteiger partial charge >= 0.3 is 0 Å². The molecule has 2 N–H and O–H groups in total. The topological polar surface area (TPSA) is 77.8 Å². The summed E-state index contributed by atoms with van der Waals surface area (Å²) in [5, 5.41) is 14.7. The molecule has 1 heterocycles. The number of anilines is 2. The third kappa shape index (κ3) is 4.89. The molecule has 0 atom stereocenters. The molecule has 0 saturated heterocycles. The lowest BCUT2D eigenvalue weighted by Gasteiger charge is -2.09. The summed E-state index contributed by atoms with van der Waals surface area (Å²) in [6.45, 7) is 0.326. The molecule has 0 aliphatic carbocycles. The van der Waals surface area contributed by atoms with Crippen molar-refractivity contribution in [1.29, 1.82) is 5.26 Å². The molecular formula is C21H17FN4O. The molecule has 3 rings (SSSR count). The molecule has 1 amide bonds. The lowest BCUT2D eigenvalue weighted by molar-refractivity contribution is 0.0953. The number of pyridine rings is 1. The van der Waals surface area contributed by atoms with Crippen LogP contribution in [0, 0.1) is 17.1 Å². The van der Waals surface area contributed by atoms with Gasteiger partial charge in [0.25, 0.3) is 5.91 Å². The number of rotatable bonds is 6. The van der Waals surface area contributed by atoms with Crippen molar-refractivity contribution in [2.24, 2.45) is 0 Å². The maximum absolute atomic E-state index is 13.6. The fraction of sp³-hybridized carbons (Fsp3) is 0.0952. The number of nitrogens with zero attached hydrogens (tertiary/aromatic N) is 2. The molecule has 2 aromatic carbocycles. The number of hydrogen-bond acceptors (Lipinski definition) is 4. The fourth-order valence-electron chi connectivity index (χ4n) is 2.54. The molecule has 0 spiro atoms. The van der Waals surface area contributed by atoms with Crippen molar-refractivity contribution in [3.8, 4) is 6.07 Å². The van der Waals surface area contributed by atoms with Crippen molar-refractivity contribution in [1.82, 2.24) is 10.3 Å². The first-order chi connectivity index (χ1) is 13.2. The van der Waals surface area contributed by atoms with E-state index in [0.717, 1.165) is 5.69 Å². The van der Waals surface area contributed by atoms with Gasteiger partial charge in [0, 0.05) is 18.4 Å². The highest BCUT2D eigenvalue weighted by Crippen LogP contribution is 2.17. The second kappa shape index (κ2) is 8.59. The summed E-state index contributed by atoms with van der Waals surface area (Å²) >= 11 is 0. The summed E-state index contributed by atoms with van der Waals surface area (Å²) in [6, 6.07) is 17.2. The highest BCUT2D eigenvalue weighted by Gasteiger charge is 2.08. The van der Waals surface area contributed by atoms with E-state index in [1.165, 1.54) is 12.3 Å². The van der Waals surface area contributed by atoms with E-state index in [1.807, 2.05) is 0 Å². The van der Waals surface area contributed by atoms with Gasteiger partial charge in [0.15, 0.2) is 0 Å². The summed E-state index contributed by atoms with van der Waals surface area (Å²) in [7, 11) is 0. The summed E-state index contributed by atoms with van der Waals surface area (Å²) in [6.07, 6.45) is 3.49. The molecule has 134 valence electrons. The van der Waals surface area contributed by atoms with E-state index in [2.05, 4.69) is 21.7 Å². The lowest BCUT2D eigenvalue weighted by atomic mass is 10.1. The number of carbonyl (C=O) groups excluding carboxylic acids is 1. The molecular weight excluding hydrogens is 343 g/mol. The zero-order chi connectivity index (χ0) is 19.1. The smallest absolute Gasteiger partial charge is 0.252 e. The van der Waals surface area contributed by atoms with Gasteiger partial charge in [-0.2, -0.15) is 5.26 Å². The third-order valence-corrected chi connectivity index (χ3v) is 3.94. The average molecular weight is 360 g/mol. The maximum atomic E-state index is 13.6. The van der Waals surface area contributed by atoms with Crippen LogP contribution in [0.25, 0.3) is 0 Å². The van der Waals surface area contributed by atoms with Crippen molar-refractivity contribution in [3.05, 3.63) is 89.5 Å². The second-order valence-corrected chi connectivity index (χ2v) is 5.87. The second-order valence-electron chi connectivity index (χ2n) is 5.87. The first-order valence-corrected chi connectivity index (χ1v) is 8.39. The van der Waals surface area contributed by atoms with Gasteiger partial charge in [0.2, 0.25) is 0 Å². The predicted octanol–water partition coefficient (Wildman–Crippen LogP) is 3.81. The Bertz CT molecular complexity index is 980. The van der Waals surface area contributed by atoms with Crippen molar-refractivity contribution >= 4 is 17.3 Å². The largest absolute Gasteiger partial charge is 0.354 e. The third-order valence-electron chi connectivity index (χ3n) is 3.94. The van der Waals surface area contributed by atoms with Crippen LogP contribution >= 0.6 is 0 Å². The molecule has 6 heteroatoms. The van der Waals surface area contributed by atoms with E-state index in [0.29, 0.717) is 35.3 Å². The van der Waals surface area contributed by atoms with E-state index < -0.39 is 0 Å². The lowest BCUT2D eigenvalue weighted by Crippen LogP contribution is -2.26. The SMILES string of the molecule is N#Cc1ccc(Nc2cncc(C(=O)NCCc3ccccc3F)c2)cc1. The summed E-state index contributed by atoms with van der Waals surface area (Å²) in [5.41, 5.74) is 2.98. The molecule has 0 fully saturated rings. The van der Waals surface area contributed by atoms with E-state index in [4.69, 9.17) is 5.26 Å². The Labute approximate surface area is 156 Å². The van der Waals surface area contributed by atoms with Crippen LogP contribution in [0.3, 0.4) is 0 Å². The summed E-state index contributed by atoms with van der Waals surface area (Å²) in [4.78, 5) is 16.4. The minimum absolute atomic E-state index is 0.276. The van der Waals surface area contributed by atoms with E-state index >= 15 is 0 Å². The Morgan fingerprint density at radius 3 is 2.59 bits per heavy atom. The van der Waals surface area contributed by atoms with Gasteiger partial charge in [0.1, 0.15) is 5.82 Å². The summed E-state index contributed by atoms with van der Waals surface area (Å²) < 4.78 is 13.6. The molecule has 0 aliphatic heterocycles. The predicted molar refractivity (Wildman–Crippen MR) is 101 cm³/mol. The van der Waals surface area contributed by atoms with Crippen LogP contribution in [-0.4, -0.2) is 17.4 Å². The van der Waals surface area contributed by atoms with Crippen LogP contribution in [0.1, 0.15) is 21.5 Å². The highest BCUT2D eigenvalue weighted by atomic mass is 19.1. The molecule has 5 nitrogen and oxygen atoms in total. The number of nitrogens with one attached hydrogen (secondary N) is 2. The number of amides is 1.